The van der Waals surface area contributed by atoms with Crippen molar-refractivity contribution >= 4 is 10.0 Å². The number of fused-ring (bicyclic) bond motifs is 2. The summed E-state index contributed by atoms with van der Waals surface area (Å²) in [6.07, 6.45) is 5.61. The molecule has 2 aliphatic rings. The molecule has 3 heterocycles. The highest BCUT2D eigenvalue weighted by atomic mass is 32.2. The van der Waals surface area contributed by atoms with Crippen LogP contribution in [-0.4, -0.2) is 49.8 Å². The lowest BCUT2D eigenvalue weighted by Gasteiger charge is -2.26. The summed E-state index contributed by atoms with van der Waals surface area (Å²) in [6.45, 7) is 1.80. The van der Waals surface area contributed by atoms with Gasteiger partial charge in [-0.05, 0) is 38.9 Å². The van der Waals surface area contributed by atoms with Crippen LogP contribution < -0.4 is 0 Å². The highest BCUT2D eigenvalue weighted by molar-refractivity contribution is 7.89. The molecule has 3 rings (SSSR count). The van der Waals surface area contributed by atoms with Gasteiger partial charge in [0.25, 0.3) is 0 Å². The van der Waals surface area contributed by atoms with Crippen LogP contribution in [0.2, 0.25) is 0 Å². The van der Waals surface area contributed by atoms with Crippen LogP contribution in [0.15, 0.2) is 27.9 Å². The highest BCUT2D eigenvalue weighted by Gasteiger charge is 2.44. The first-order chi connectivity index (χ1) is 8.59. The first kappa shape index (κ1) is 12.2. The minimum absolute atomic E-state index is 0.113. The Balaban J connectivity index is 1.96. The van der Waals surface area contributed by atoms with Crippen LogP contribution in [0.1, 0.15) is 19.3 Å². The van der Waals surface area contributed by atoms with E-state index >= 15 is 0 Å². The van der Waals surface area contributed by atoms with Gasteiger partial charge in [0.15, 0.2) is 0 Å². The zero-order chi connectivity index (χ0) is 12.8. The van der Waals surface area contributed by atoms with Crippen molar-refractivity contribution in [2.75, 3.05) is 20.1 Å². The summed E-state index contributed by atoms with van der Waals surface area (Å²) in [5.74, 6) is 0. The lowest BCUT2D eigenvalue weighted by atomic mass is 10.1. The Morgan fingerprint density at radius 1 is 1.28 bits per heavy atom. The molecule has 100 valence electrons. The molecule has 1 aromatic rings. The summed E-state index contributed by atoms with van der Waals surface area (Å²) in [5, 5.41) is 0. The molecule has 2 bridgehead atoms. The minimum Gasteiger partial charge on any atom is -0.471 e. The maximum Gasteiger partial charge on any atom is 0.246 e. The second-order valence-electron chi connectivity index (χ2n) is 5.23. The molecule has 2 saturated heterocycles. The largest absolute Gasteiger partial charge is 0.471 e. The van der Waals surface area contributed by atoms with Crippen LogP contribution >= 0.6 is 0 Å². The van der Waals surface area contributed by atoms with Gasteiger partial charge in [-0.2, -0.15) is 4.31 Å². The third kappa shape index (κ3) is 1.88. The maximum atomic E-state index is 12.6. The van der Waals surface area contributed by atoms with E-state index in [1.807, 2.05) is 0 Å². The second kappa shape index (κ2) is 4.36. The summed E-state index contributed by atoms with van der Waals surface area (Å²) in [6, 6.07) is 1.80. The van der Waals surface area contributed by atoms with Crippen molar-refractivity contribution in [3.8, 4) is 0 Å². The molecule has 5 nitrogen and oxygen atoms in total. The monoisotopic (exact) mass is 270 g/mol. The first-order valence-corrected chi connectivity index (χ1v) is 7.77. The van der Waals surface area contributed by atoms with Crippen molar-refractivity contribution in [2.45, 2.75) is 36.2 Å². The number of hydrogen-bond acceptors (Lipinski definition) is 4. The van der Waals surface area contributed by atoms with E-state index in [2.05, 4.69) is 11.9 Å². The lowest BCUT2D eigenvalue weighted by Crippen LogP contribution is -2.42. The van der Waals surface area contributed by atoms with E-state index in [1.54, 1.807) is 4.31 Å². The van der Waals surface area contributed by atoms with Crippen LogP contribution in [-0.2, 0) is 10.0 Å². The maximum absolute atomic E-state index is 12.6. The summed E-state index contributed by atoms with van der Waals surface area (Å²) in [7, 11) is -1.33. The molecule has 2 atom stereocenters. The van der Waals surface area contributed by atoms with Crippen LogP contribution in [0, 0.1) is 0 Å². The van der Waals surface area contributed by atoms with Gasteiger partial charge in [-0.3, -0.25) is 0 Å². The fourth-order valence-electron chi connectivity index (χ4n) is 3.11. The Kier molecular flexibility index (Phi) is 2.96. The van der Waals surface area contributed by atoms with Crippen molar-refractivity contribution in [2.24, 2.45) is 0 Å². The smallest absolute Gasteiger partial charge is 0.246 e. The van der Waals surface area contributed by atoms with E-state index in [0.717, 1.165) is 32.4 Å². The molecular weight excluding hydrogens is 252 g/mol. The second-order valence-corrected chi connectivity index (χ2v) is 7.07. The third-order valence-electron chi connectivity index (χ3n) is 3.99. The molecule has 6 heteroatoms. The summed E-state index contributed by atoms with van der Waals surface area (Å²) >= 11 is 0. The van der Waals surface area contributed by atoms with Gasteiger partial charge in [0, 0.05) is 18.6 Å². The van der Waals surface area contributed by atoms with Gasteiger partial charge in [0.1, 0.15) is 11.2 Å². The predicted octanol–water partition coefficient (Wildman–Crippen LogP) is 1.14. The van der Waals surface area contributed by atoms with Crippen LogP contribution in [0.5, 0.6) is 0 Å². The van der Waals surface area contributed by atoms with Crippen LogP contribution in [0.4, 0.5) is 0 Å². The highest BCUT2D eigenvalue weighted by Crippen LogP contribution is 2.35. The van der Waals surface area contributed by atoms with Gasteiger partial charge in [0.2, 0.25) is 10.0 Å². The lowest BCUT2D eigenvalue weighted by molar-refractivity contribution is 0.289. The van der Waals surface area contributed by atoms with Crippen molar-refractivity contribution in [1.29, 1.82) is 0 Å². The topological polar surface area (TPSA) is 53.8 Å². The zero-order valence-corrected chi connectivity index (χ0v) is 11.3. The molecule has 18 heavy (non-hydrogen) atoms. The summed E-state index contributed by atoms with van der Waals surface area (Å²) in [5.41, 5.74) is 0. The van der Waals surface area contributed by atoms with Crippen molar-refractivity contribution in [1.82, 2.24) is 9.21 Å². The van der Waals surface area contributed by atoms with Crippen molar-refractivity contribution < 1.29 is 12.8 Å². The van der Waals surface area contributed by atoms with E-state index < -0.39 is 10.0 Å². The normalized spacial score (nSPS) is 30.5. The molecule has 0 amide bonds. The molecule has 0 saturated carbocycles. The fourth-order valence-corrected chi connectivity index (χ4v) is 4.93. The van der Waals surface area contributed by atoms with Crippen LogP contribution in [0.25, 0.3) is 0 Å². The molecule has 0 aromatic carbocycles. The molecule has 0 radical (unpaired) electrons. The zero-order valence-electron chi connectivity index (χ0n) is 10.4. The van der Waals surface area contributed by atoms with E-state index in [0.29, 0.717) is 0 Å². The Hall–Kier alpha value is -0.850. The standard InChI is InChI=1S/C12H18N2O3S/c1-13-6-4-10-2-3-11(8-13)14(10)18(15,16)12-5-7-17-9-12/h5,7,9-11H,2-4,6,8H2,1H3/t10-,11+/m0/s1. The average Bonchev–Trinajstić information content (AvgIpc) is 2.90. The van der Waals surface area contributed by atoms with Gasteiger partial charge in [-0.15, -0.1) is 0 Å². The number of furan rings is 1. The van der Waals surface area contributed by atoms with E-state index in [1.165, 1.54) is 18.6 Å². The Morgan fingerprint density at radius 3 is 2.78 bits per heavy atom. The predicted molar refractivity (Wildman–Crippen MR) is 66.7 cm³/mol. The van der Waals surface area contributed by atoms with E-state index in [9.17, 15) is 8.42 Å². The van der Waals surface area contributed by atoms with Gasteiger partial charge in [-0.1, -0.05) is 0 Å². The van der Waals surface area contributed by atoms with E-state index in [-0.39, 0.29) is 17.0 Å². The number of nitrogens with zero attached hydrogens (tertiary/aromatic N) is 2. The molecule has 0 N–H and O–H groups in total. The van der Waals surface area contributed by atoms with Crippen LogP contribution in [0.3, 0.4) is 0 Å². The quantitative estimate of drug-likeness (QED) is 0.808. The first-order valence-electron chi connectivity index (χ1n) is 6.33. The Morgan fingerprint density at radius 2 is 2.06 bits per heavy atom. The van der Waals surface area contributed by atoms with Gasteiger partial charge < -0.3 is 9.32 Å². The number of hydrogen-bond donors (Lipinski definition) is 0. The van der Waals surface area contributed by atoms with Gasteiger partial charge in [0.05, 0.1) is 6.26 Å². The molecule has 0 spiro atoms. The number of sulfonamides is 1. The SMILES string of the molecule is CN1CC[C@@H]2CC[C@H](C1)N2S(=O)(=O)c1ccoc1. The molecular formula is C12H18N2O3S. The Labute approximate surface area is 107 Å². The van der Waals surface area contributed by atoms with Gasteiger partial charge in [-0.25, -0.2) is 8.42 Å². The number of rotatable bonds is 2. The molecule has 2 fully saturated rings. The van der Waals surface area contributed by atoms with Gasteiger partial charge >= 0.3 is 0 Å². The molecule has 0 aliphatic carbocycles. The summed E-state index contributed by atoms with van der Waals surface area (Å²) < 4.78 is 31.9. The number of likely N-dealkylation sites (N-methyl/N-ethyl adjacent to an activating group) is 1. The van der Waals surface area contributed by atoms with Crippen molar-refractivity contribution in [3.05, 3.63) is 18.6 Å². The average molecular weight is 270 g/mol. The number of likely N-dealkylation sites (tertiary alicyclic amines) is 1. The fraction of sp³-hybridized carbons (Fsp3) is 0.667. The molecule has 2 aliphatic heterocycles. The Bertz CT molecular complexity index is 511. The third-order valence-corrected chi connectivity index (χ3v) is 5.97. The molecule has 1 aromatic heterocycles. The molecule has 0 unspecified atom stereocenters. The van der Waals surface area contributed by atoms with Crippen molar-refractivity contribution in [3.63, 3.8) is 0 Å². The summed E-state index contributed by atoms with van der Waals surface area (Å²) in [4.78, 5) is 2.51. The minimum atomic E-state index is -3.39. The van der Waals surface area contributed by atoms with E-state index in [4.69, 9.17) is 4.42 Å².